The van der Waals surface area contributed by atoms with Crippen LogP contribution in [0.4, 0.5) is 5.69 Å². The summed E-state index contributed by atoms with van der Waals surface area (Å²) in [4.78, 5) is 23.1. The first-order chi connectivity index (χ1) is 14.2. The number of hydrogen-bond donors (Lipinski definition) is 1. The van der Waals surface area contributed by atoms with Gasteiger partial charge >= 0.3 is 0 Å². The van der Waals surface area contributed by atoms with Gasteiger partial charge in [0.05, 0.1) is 11.9 Å². The number of rotatable bonds is 7. The zero-order valence-corrected chi connectivity index (χ0v) is 19.5. The molecule has 0 aliphatic carbocycles. The van der Waals surface area contributed by atoms with Crippen molar-refractivity contribution in [1.82, 2.24) is 14.9 Å². The van der Waals surface area contributed by atoms with E-state index in [1.807, 2.05) is 27.4 Å². The van der Waals surface area contributed by atoms with E-state index in [1.54, 1.807) is 6.92 Å². The van der Waals surface area contributed by atoms with Crippen LogP contribution in [0.3, 0.4) is 0 Å². The molecule has 3 heterocycles. The third kappa shape index (κ3) is 6.27. The van der Waals surface area contributed by atoms with E-state index in [0.717, 1.165) is 63.4 Å². The van der Waals surface area contributed by atoms with Gasteiger partial charge in [0.15, 0.2) is 0 Å². The predicted octanol–water partition coefficient (Wildman–Crippen LogP) is 3.11. The maximum atomic E-state index is 11.5. The molecule has 0 saturated carbocycles. The molecule has 164 valence electrons. The molecule has 0 atom stereocenters. The number of carbonyl (C=O) groups excluding carboxylic acids is 1. The summed E-state index contributed by atoms with van der Waals surface area (Å²) in [5, 5.41) is 1.91. The molecule has 1 aliphatic heterocycles. The molecule has 0 spiro atoms. The standard InChI is InChI=1S/C23H35N5OS/c1-18(29)26-13-15-27(16-14-26)20-7-5-19(25-17-20)6-8-21-9-10-22(30-21)11-12-28(24)23(2,3)4/h5,7,9-10,17H,6,8,11-16,24H2,1-4H3. The molecule has 0 bridgehead atoms. The number of hydrazine groups is 1. The maximum absolute atomic E-state index is 11.5. The van der Waals surface area contributed by atoms with Crippen LogP contribution in [-0.2, 0) is 24.1 Å². The second kappa shape index (κ2) is 9.90. The normalized spacial score (nSPS) is 15.1. The highest BCUT2D eigenvalue weighted by Crippen LogP contribution is 2.21. The summed E-state index contributed by atoms with van der Waals surface area (Å²) in [5.41, 5.74) is 2.27. The van der Waals surface area contributed by atoms with E-state index >= 15 is 0 Å². The van der Waals surface area contributed by atoms with Crippen molar-refractivity contribution >= 4 is 22.9 Å². The predicted molar refractivity (Wildman–Crippen MR) is 125 cm³/mol. The number of nitrogens with two attached hydrogens (primary N) is 1. The number of carbonyl (C=O) groups is 1. The van der Waals surface area contributed by atoms with Crippen molar-refractivity contribution in [3.05, 3.63) is 45.9 Å². The van der Waals surface area contributed by atoms with Crippen molar-refractivity contribution < 1.29 is 4.79 Å². The Balaban J connectivity index is 1.45. The number of hydrogen-bond acceptors (Lipinski definition) is 6. The Morgan fingerprint density at radius 2 is 1.73 bits per heavy atom. The van der Waals surface area contributed by atoms with Crippen LogP contribution in [0.1, 0.15) is 43.1 Å². The number of amides is 1. The van der Waals surface area contributed by atoms with Gasteiger partial charge in [-0.05, 0) is 64.3 Å². The minimum atomic E-state index is -0.00106. The Hall–Kier alpha value is -1.96. The van der Waals surface area contributed by atoms with Crippen molar-refractivity contribution in [1.29, 1.82) is 0 Å². The van der Waals surface area contributed by atoms with Crippen molar-refractivity contribution in [3.8, 4) is 0 Å². The summed E-state index contributed by atoms with van der Waals surface area (Å²) in [6.45, 7) is 12.2. The Bertz CT molecular complexity index is 819. The van der Waals surface area contributed by atoms with Crippen molar-refractivity contribution in [2.45, 2.75) is 52.5 Å². The van der Waals surface area contributed by atoms with Gasteiger partial charge in [0.2, 0.25) is 5.91 Å². The first-order valence-electron chi connectivity index (χ1n) is 10.8. The molecule has 1 fully saturated rings. The Kier molecular flexibility index (Phi) is 7.50. The summed E-state index contributed by atoms with van der Waals surface area (Å²) >= 11 is 1.88. The fraction of sp³-hybridized carbons (Fsp3) is 0.565. The lowest BCUT2D eigenvalue weighted by Gasteiger charge is -2.35. The molecule has 1 aliphatic rings. The number of thiophene rings is 1. The maximum Gasteiger partial charge on any atom is 0.219 e. The van der Waals surface area contributed by atoms with Gasteiger partial charge < -0.3 is 9.80 Å². The average molecular weight is 430 g/mol. The van der Waals surface area contributed by atoms with Gasteiger partial charge in [-0.1, -0.05) is 0 Å². The molecule has 0 radical (unpaired) electrons. The van der Waals surface area contributed by atoms with E-state index < -0.39 is 0 Å². The minimum absolute atomic E-state index is 0.00106. The van der Waals surface area contributed by atoms with E-state index in [2.05, 4.69) is 54.9 Å². The largest absolute Gasteiger partial charge is 0.367 e. The summed E-state index contributed by atoms with van der Waals surface area (Å²) in [6.07, 6.45) is 4.92. The van der Waals surface area contributed by atoms with Crippen LogP contribution in [0.2, 0.25) is 0 Å². The molecular weight excluding hydrogens is 394 g/mol. The highest BCUT2D eigenvalue weighted by molar-refractivity contribution is 7.12. The molecular formula is C23H35N5OS. The van der Waals surface area contributed by atoms with Crippen molar-refractivity contribution in [3.63, 3.8) is 0 Å². The lowest BCUT2D eigenvalue weighted by molar-refractivity contribution is -0.129. The van der Waals surface area contributed by atoms with Gasteiger partial charge in [-0.15, -0.1) is 11.3 Å². The zero-order chi connectivity index (χ0) is 21.7. The summed E-state index contributed by atoms with van der Waals surface area (Å²) in [7, 11) is 0. The molecule has 0 aromatic carbocycles. The lowest BCUT2D eigenvalue weighted by Crippen LogP contribution is -2.48. The van der Waals surface area contributed by atoms with E-state index in [9.17, 15) is 4.79 Å². The van der Waals surface area contributed by atoms with Crippen LogP contribution in [0, 0.1) is 0 Å². The fourth-order valence-electron chi connectivity index (χ4n) is 3.54. The van der Waals surface area contributed by atoms with Gasteiger partial charge in [0.25, 0.3) is 0 Å². The highest BCUT2D eigenvalue weighted by Gasteiger charge is 2.19. The second-order valence-corrected chi connectivity index (χ2v) is 10.2. The van der Waals surface area contributed by atoms with Crippen LogP contribution in [-0.4, -0.2) is 59.1 Å². The molecule has 1 saturated heterocycles. The Morgan fingerprint density at radius 1 is 1.07 bits per heavy atom. The topological polar surface area (TPSA) is 65.7 Å². The summed E-state index contributed by atoms with van der Waals surface area (Å²) in [5.74, 6) is 6.30. The van der Waals surface area contributed by atoms with Crippen molar-refractivity contribution in [2.75, 3.05) is 37.6 Å². The van der Waals surface area contributed by atoms with E-state index in [-0.39, 0.29) is 11.4 Å². The van der Waals surface area contributed by atoms with Crippen LogP contribution < -0.4 is 10.7 Å². The Morgan fingerprint density at radius 3 is 2.30 bits per heavy atom. The molecule has 2 aromatic heterocycles. The van der Waals surface area contributed by atoms with Gasteiger partial charge in [-0.25, -0.2) is 5.01 Å². The molecule has 7 heteroatoms. The van der Waals surface area contributed by atoms with E-state index in [0.29, 0.717) is 0 Å². The smallest absolute Gasteiger partial charge is 0.219 e. The zero-order valence-electron chi connectivity index (χ0n) is 18.7. The monoisotopic (exact) mass is 429 g/mol. The van der Waals surface area contributed by atoms with Crippen LogP contribution in [0.25, 0.3) is 0 Å². The summed E-state index contributed by atoms with van der Waals surface area (Å²) in [6, 6.07) is 8.76. The molecule has 0 unspecified atom stereocenters. The average Bonchev–Trinajstić information content (AvgIpc) is 3.18. The van der Waals surface area contributed by atoms with Gasteiger partial charge in [0.1, 0.15) is 0 Å². The van der Waals surface area contributed by atoms with E-state index in [1.165, 1.54) is 9.75 Å². The highest BCUT2D eigenvalue weighted by atomic mass is 32.1. The van der Waals surface area contributed by atoms with Gasteiger partial charge in [0, 0.05) is 60.6 Å². The van der Waals surface area contributed by atoms with Gasteiger partial charge in [-0.2, -0.15) is 0 Å². The SMILES string of the molecule is CC(=O)N1CCN(c2ccc(CCc3ccc(CCN(N)C(C)(C)C)s3)nc2)CC1. The number of pyridine rings is 1. The number of piperazine rings is 1. The first kappa shape index (κ1) is 22.7. The Labute approximate surface area is 184 Å². The van der Waals surface area contributed by atoms with Crippen LogP contribution in [0.5, 0.6) is 0 Å². The number of anilines is 1. The molecule has 2 N–H and O–H groups in total. The van der Waals surface area contributed by atoms with Crippen molar-refractivity contribution in [2.24, 2.45) is 5.84 Å². The van der Waals surface area contributed by atoms with Gasteiger partial charge in [-0.3, -0.25) is 15.6 Å². The molecule has 1 amide bonds. The van der Waals surface area contributed by atoms with E-state index in [4.69, 9.17) is 5.84 Å². The molecule has 6 nitrogen and oxygen atoms in total. The number of nitrogens with zero attached hydrogens (tertiary/aromatic N) is 4. The first-order valence-corrected chi connectivity index (χ1v) is 11.6. The van der Waals surface area contributed by atoms with Crippen LogP contribution in [0.15, 0.2) is 30.5 Å². The number of aromatic nitrogens is 1. The molecule has 2 aromatic rings. The number of aryl methyl sites for hydroxylation is 2. The summed E-state index contributed by atoms with van der Waals surface area (Å²) < 4.78 is 0. The quantitative estimate of drug-likeness (QED) is 0.541. The minimum Gasteiger partial charge on any atom is -0.367 e. The third-order valence-corrected chi connectivity index (χ3v) is 6.91. The molecule has 30 heavy (non-hydrogen) atoms. The third-order valence-electron chi connectivity index (χ3n) is 5.70. The molecule has 3 rings (SSSR count). The van der Waals surface area contributed by atoms with Crippen LogP contribution >= 0.6 is 11.3 Å². The lowest BCUT2D eigenvalue weighted by atomic mass is 10.1. The second-order valence-electron chi connectivity index (χ2n) is 8.98. The fourth-order valence-corrected chi connectivity index (χ4v) is 4.55.